The molecule has 1 heterocycles. The van der Waals surface area contributed by atoms with Crippen LogP contribution in [0.25, 0.3) is 0 Å². The fourth-order valence-corrected chi connectivity index (χ4v) is 1.58. The Morgan fingerprint density at radius 2 is 1.86 bits per heavy atom. The number of H-pyrrole nitrogens is 1. The maximum Gasteiger partial charge on any atom is 0.182 e. The number of aromatic nitrogens is 2. The molecule has 2 rings (SSSR count). The van der Waals surface area contributed by atoms with E-state index < -0.39 is 0 Å². The van der Waals surface area contributed by atoms with Gasteiger partial charge in [0.1, 0.15) is 11.6 Å². The first-order valence-electron chi connectivity index (χ1n) is 6.61. The van der Waals surface area contributed by atoms with Crippen LogP contribution in [0.1, 0.15) is 30.0 Å². The number of ketones is 2. The van der Waals surface area contributed by atoms with Crippen molar-refractivity contribution in [2.24, 2.45) is 0 Å². The van der Waals surface area contributed by atoms with Crippen molar-refractivity contribution >= 4 is 22.9 Å². The third-order valence-electron chi connectivity index (χ3n) is 2.66. The predicted octanol–water partition coefficient (Wildman–Crippen LogP) is 2.33. The standard InChI is InChI=1S/C9H13N3O2.C6H6FN/c1-5(13)4-10-8-6(2)11-12-9(8)7(3)14;7-5-1-3-6(8)4-2-5/h10H,4H2,1-3H3,(H,11,12);1-4H,8H2. The molecule has 0 atom stereocenters. The summed E-state index contributed by atoms with van der Waals surface area (Å²) in [4.78, 5) is 21.9. The van der Waals surface area contributed by atoms with Gasteiger partial charge in [0.15, 0.2) is 11.5 Å². The number of rotatable bonds is 4. The second kappa shape index (κ2) is 7.92. The Bertz CT molecular complexity index is 629. The van der Waals surface area contributed by atoms with Gasteiger partial charge in [0.05, 0.1) is 17.9 Å². The topological polar surface area (TPSA) is 101 Å². The number of nitrogens with two attached hydrogens (primary N) is 1. The first kappa shape index (κ1) is 17.4. The molecule has 4 N–H and O–H groups in total. The average Bonchev–Trinajstić information content (AvgIpc) is 2.82. The fourth-order valence-electron chi connectivity index (χ4n) is 1.58. The lowest BCUT2D eigenvalue weighted by Gasteiger charge is -2.03. The number of nitrogens with one attached hydrogen (secondary N) is 2. The zero-order valence-electron chi connectivity index (χ0n) is 12.7. The number of carbonyl (C=O) groups is 2. The fraction of sp³-hybridized carbons (Fsp3) is 0.267. The largest absolute Gasteiger partial charge is 0.399 e. The third-order valence-corrected chi connectivity index (χ3v) is 2.66. The Hall–Kier alpha value is -2.70. The number of aryl methyl sites for hydroxylation is 1. The van der Waals surface area contributed by atoms with E-state index >= 15 is 0 Å². The number of nitrogens with zero attached hydrogens (tertiary/aromatic N) is 1. The van der Waals surface area contributed by atoms with Gasteiger partial charge in [0, 0.05) is 12.6 Å². The number of carbonyl (C=O) groups excluding carboxylic acids is 2. The van der Waals surface area contributed by atoms with Gasteiger partial charge in [-0.3, -0.25) is 14.7 Å². The number of benzene rings is 1. The van der Waals surface area contributed by atoms with Crippen LogP contribution in [0.5, 0.6) is 0 Å². The van der Waals surface area contributed by atoms with Crippen LogP contribution in [-0.4, -0.2) is 28.3 Å². The highest BCUT2D eigenvalue weighted by Gasteiger charge is 2.13. The summed E-state index contributed by atoms with van der Waals surface area (Å²) in [5.41, 5.74) is 7.58. The Labute approximate surface area is 127 Å². The second-order valence-electron chi connectivity index (χ2n) is 4.74. The second-order valence-corrected chi connectivity index (χ2v) is 4.74. The molecule has 2 aromatic rings. The molecule has 6 nitrogen and oxygen atoms in total. The Kier molecular flexibility index (Phi) is 6.25. The summed E-state index contributed by atoms with van der Waals surface area (Å²) in [5, 5.41) is 9.42. The van der Waals surface area contributed by atoms with Crippen molar-refractivity contribution in [3.8, 4) is 0 Å². The van der Waals surface area contributed by atoms with E-state index in [4.69, 9.17) is 5.73 Å². The van der Waals surface area contributed by atoms with Gasteiger partial charge < -0.3 is 11.1 Å². The molecule has 0 saturated heterocycles. The van der Waals surface area contributed by atoms with E-state index in [9.17, 15) is 14.0 Å². The monoisotopic (exact) mass is 306 g/mol. The lowest BCUT2D eigenvalue weighted by atomic mass is 10.2. The molecule has 0 radical (unpaired) electrons. The quantitative estimate of drug-likeness (QED) is 0.594. The molecule has 0 bridgehead atoms. The Balaban J connectivity index is 0.000000255. The molecule has 118 valence electrons. The zero-order valence-corrected chi connectivity index (χ0v) is 12.7. The van der Waals surface area contributed by atoms with E-state index in [-0.39, 0.29) is 23.9 Å². The SMILES string of the molecule is CC(=O)CNc1c(C(C)=O)n[nH]c1C.Nc1ccc(F)cc1. The van der Waals surface area contributed by atoms with E-state index in [1.807, 2.05) is 0 Å². The van der Waals surface area contributed by atoms with E-state index in [1.165, 1.54) is 38.1 Å². The van der Waals surface area contributed by atoms with Gasteiger partial charge in [-0.05, 0) is 38.1 Å². The zero-order chi connectivity index (χ0) is 16.7. The van der Waals surface area contributed by atoms with Crippen LogP contribution in [0.15, 0.2) is 24.3 Å². The highest BCUT2D eigenvalue weighted by molar-refractivity contribution is 5.98. The molecule has 0 aliphatic carbocycles. The van der Waals surface area contributed by atoms with Crippen LogP contribution >= 0.6 is 0 Å². The van der Waals surface area contributed by atoms with Crippen molar-refractivity contribution in [3.05, 3.63) is 41.5 Å². The minimum absolute atomic E-state index is 0.0140. The minimum Gasteiger partial charge on any atom is -0.399 e. The summed E-state index contributed by atoms with van der Waals surface area (Å²) in [5.74, 6) is -0.361. The van der Waals surface area contributed by atoms with Crippen LogP contribution in [0, 0.1) is 12.7 Å². The average molecular weight is 306 g/mol. The van der Waals surface area contributed by atoms with Crippen molar-refractivity contribution in [2.75, 3.05) is 17.6 Å². The normalized spacial score (nSPS) is 9.64. The number of Topliss-reactive ketones (excluding diaryl/α,β-unsaturated/α-hetero) is 2. The first-order chi connectivity index (χ1) is 10.3. The summed E-state index contributed by atoms with van der Waals surface area (Å²) in [6.07, 6.45) is 0. The number of anilines is 2. The molecule has 0 saturated carbocycles. The van der Waals surface area contributed by atoms with Gasteiger partial charge in [0.25, 0.3) is 0 Å². The highest BCUT2D eigenvalue weighted by atomic mass is 19.1. The van der Waals surface area contributed by atoms with E-state index in [0.29, 0.717) is 17.1 Å². The molecule has 0 aliphatic rings. The first-order valence-corrected chi connectivity index (χ1v) is 6.61. The van der Waals surface area contributed by atoms with Gasteiger partial charge in [-0.25, -0.2) is 4.39 Å². The lowest BCUT2D eigenvalue weighted by Crippen LogP contribution is -2.12. The number of halogens is 1. The van der Waals surface area contributed by atoms with E-state index in [2.05, 4.69) is 15.5 Å². The van der Waals surface area contributed by atoms with Gasteiger partial charge in [-0.15, -0.1) is 0 Å². The minimum atomic E-state index is -0.251. The molecule has 0 spiro atoms. The van der Waals surface area contributed by atoms with Crippen LogP contribution in [0.4, 0.5) is 15.8 Å². The number of nitrogen functional groups attached to an aromatic ring is 1. The summed E-state index contributed by atoms with van der Waals surface area (Å²) >= 11 is 0. The van der Waals surface area contributed by atoms with Crippen molar-refractivity contribution < 1.29 is 14.0 Å². The molecule has 1 aromatic heterocycles. The van der Waals surface area contributed by atoms with Gasteiger partial charge >= 0.3 is 0 Å². The van der Waals surface area contributed by atoms with Crippen LogP contribution < -0.4 is 11.1 Å². The number of aromatic amines is 1. The molecule has 1 aromatic carbocycles. The third kappa shape index (κ3) is 5.35. The van der Waals surface area contributed by atoms with Crippen LogP contribution in [-0.2, 0) is 4.79 Å². The van der Waals surface area contributed by atoms with E-state index in [0.717, 1.165) is 5.69 Å². The van der Waals surface area contributed by atoms with Crippen LogP contribution in [0.2, 0.25) is 0 Å². The van der Waals surface area contributed by atoms with Crippen molar-refractivity contribution in [1.29, 1.82) is 0 Å². The van der Waals surface area contributed by atoms with Crippen LogP contribution in [0.3, 0.4) is 0 Å². The Morgan fingerprint density at radius 1 is 1.27 bits per heavy atom. The molecule has 22 heavy (non-hydrogen) atoms. The molecule has 0 amide bonds. The molecular weight excluding hydrogens is 287 g/mol. The molecule has 0 unspecified atom stereocenters. The van der Waals surface area contributed by atoms with E-state index in [1.54, 1.807) is 6.92 Å². The summed E-state index contributed by atoms with van der Waals surface area (Å²) in [6, 6.07) is 5.70. The molecular formula is C15H19FN4O2. The lowest BCUT2D eigenvalue weighted by molar-refractivity contribution is -0.115. The van der Waals surface area contributed by atoms with Crippen molar-refractivity contribution in [1.82, 2.24) is 10.2 Å². The predicted molar refractivity (Wildman–Crippen MR) is 83.3 cm³/mol. The van der Waals surface area contributed by atoms with Crippen molar-refractivity contribution in [3.63, 3.8) is 0 Å². The van der Waals surface area contributed by atoms with Gasteiger partial charge in [0.2, 0.25) is 0 Å². The number of hydrogen-bond donors (Lipinski definition) is 3. The maximum absolute atomic E-state index is 12.0. The summed E-state index contributed by atoms with van der Waals surface area (Å²) < 4.78 is 12.0. The smallest absolute Gasteiger partial charge is 0.182 e. The molecule has 0 fully saturated rings. The van der Waals surface area contributed by atoms with Gasteiger partial charge in [-0.2, -0.15) is 5.10 Å². The molecule has 7 heteroatoms. The van der Waals surface area contributed by atoms with Gasteiger partial charge in [-0.1, -0.05) is 0 Å². The number of hydrogen-bond acceptors (Lipinski definition) is 5. The molecule has 0 aliphatic heterocycles. The summed E-state index contributed by atoms with van der Waals surface area (Å²) in [6.45, 7) is 4.92. The summed E-state index contributed by atoms with van der Waals surface area (Å²) in [7, 11) is 0. The Morgan fingerprint density at radius 3 is 2.32 bits per heavy atom. The van der Waals surface area contributed by atoms with Crippen molar-refractivity contribution in [2.45, 2.75) is 20.8 Å². The maximum atomic E-state index is 12.0. The highest BCUT2D eigenvalue weighted by Crippen LogP contribution is 2.17.